The molecule has 0 atom stereocenters. The van der Waals surface area contributed by atoms with Crippen molar-refractivity contribution >= 4 is 39.2 Å². The molecular weight excluding hydrogens is 398 g/mol. The maximum Gasteiger partial charge on any atom is 0.338 e. The maximum atomic E-state index is 12.2. The lowest BCUT2D eigenvalue weighted by Gasteiger charge is -2.07. The van der Waals surface area contributed by atoms with E-state index in [9.17, 15) is 14.9 Å². The van der Waals surface area contributed by atoms with E-state index in [0.29, 0.717) is 11.3 Å². The lowest BCUT2D eigenvalue weighted by molar-refractivity contribution is -0.112. The molecule has 2 rings (SSSR count). The molecule has 0 saturated carbocycles. The molecule has 2 N–H and O–H groups in total. The van der Waals surface area contributed by atoms with Gasteiger partial charge in [0.05, 0.1) is 17.9 Å². The predicted octanol–water partition coefficient (Wildman–Crippen LogP) is 4.08. The van der Waals surface area contributed by atoms with Crippen molar-refractivity contribution in [2.75, 3.05) is 17.2 Å². The number of esters is 1. The third-order valence-corrected chi connectivity index (χ3v) is 3.96. The Morgan fingerprint density at radius 1 is 1.19 bits per heavy atom. The summed E-state index contributed by atoms with van der Waals surface area (Å²) in [4.78, 5) is 23.8. The molecule has 0 fully saturated rings. The molecule has 0 aliphatic carbocycles. The summed E-state index contributed by atoms with van der Waals surface area (Å²) in [6.45, 7) is 2.02. The van der Waals surface area contributed by atoms with Crippen LogP contribution >= 0.6 is 15.9 Å². The fourth-order valence-electron chi connectivity index (χ4n) is 1.98. The average Bonchev–Trinajstić information content (AvgIpc) is 2.64. The van der Waals surface area contributed by atoms with Crippen molar-refractivity contribution in [3.8, 4) is 6.07 Å². The fraction of sp³-hybridized carbons (Fsp3) is 0.105. The van der Waals surface area contributed by atoms with E-state index in [4.69, 9.17) is 4.74 Å². The molecule has 0 unspecified atom stereocenters. The minimum atomic E-state index is -0.559. The topological polar surface area (TPSA) is 91.2 Å². The number of nitrogens with one attached hydrogen (secondary N) is 2. The Bertz CT molecular complexity index is 870. The van der Waals surface area contributed by atoms with Gasteiger partial charge in [-0.15, -0.1) is 0 Å². The monoisotopic (exact) mass is 413 g/mol. The van der Waals surface area contributed by atoms with Crippen LogP contribution < -0.4 is 10.6 Å². The molecule has 0 aliphatic rings. The molecule has 0 spiro atoms. The van der Waals surface area contributed by atoms with Gasteiger partial charge in [0.2, 0.25) is 0 Å². The molecule has 0 bridgehead atoms. The summed E-state index contributed by atoms with van der Waals surface area (Å²) in [5.41, 5.74) is 1.49. The number of anilines is 2. The highest BCUT2D eigenvalue weighted by Gasteiger charge is 2.11. The van der Waals surface area contributed by atoms with Gasteiger partial charge in [-0.1, -0.05) is 12.1 Å². The summed E-state index contributed by atoms with van der Waals surface area (Å²) >= 11 is 3.38. The van der Waals surface area contributed by atoms with Crippen molar-refractivity contribution in [1.82, 2.24) is 0 Å². The lowest BCUT2D eigenvalue weighted by atomic mass is 10.2. The maximum absolute atomic E-state index is 12.2. The summed E-state index contributed by atoms with van der Waals surface area (Å²) in [6.07, 6.45) is 1.34. The third-order valence-electron chi connectivity index (χ3n) is 3.26. The summed E-state index contributed by atoms with van der Waals surface area (Å²) in [7, 11) is 0. The van der Waals surface area contributed by atoms with E-state index in [2.05, 4.69) is 26.6 Å². The molecule has 1 amide bonds. The second-order valence-corrected chi connectivity index (χ2v) is 5.90. The first-order valence-electron chi connectivity index (χ1n) is 7.75. The smallest absolute Gasteiger partial charge is 0.338 e. The number of amides is 1. The Hall–Kier alpha value is -3.11. The molecule has 0 radical (unpaired) electrons. The molecule has 2 aromatic rings. The third kappa shape index (κ3) is 5.19. The van der Waals surface area contributed by atoms with Crippen molar-refractivity contribution in [3.63, 3.8) is 0 Å². The van der Waals surface area contributed by atoms with Crippen molar-refractivity contribution < 1.29 is 14.3 Å². The minimum Gasteiger partial charge on any atom is -0.462 e. The number of nitriles is 1. The molecular formula is C19H16BrN3O3. The van der Waals surface area contributed by atoms with Gasteiger partial charge in [-0.3, -0.25) is 4.79 Å². The summed E-state index contributed by atoms with van der Waals surface area (Å²) in [5.74, 6) is -0.989. The van der Waals surface area contributed by atoms with E-state index >= 15 is 0 Å². The van der Waals surface area contributed by atoms with Crippen molar-refractivity contribution in [1.29, 1.82) is 5.26 Å². The van der Waals surface area contributed by atoms with Crippen LogP contribution in [0.2, 0.25) is 0 Å². The van der Waals surface area contributed by atoms with Gasteiger partial charge in [-0.05, 0) is 59.3 Å². The van der Waals surface area contributed by atoms with Crippen LogP contribution in [0.25, 0.3) is 0 Å². The Kier molecular flexibility index (Phi) is 6.94. The van der Waals surface area contributed by atoms with Gasteiger partial charge in [0.25, 0.3) is 5.91 Å². The normalized spacial score (nSPS) is 10.6. The molecule has 6 nitrogen and oxygen atoms in total. The molecule has 132 valence electrons. The van der Waals surface area contributed by atoms with Gasteiger partial charge < -0.3 is 15.4 Å². The highest BCUT2D eigenvalue weighted by molar-refractivity contribution is 9.10. The highest BCUT2D eigenvalue weighted by Crippen LogP contribution is 2.21. The van der Waals surface area contributed by atoms with E-state index < -0.39 is 11.9 Å². The largest absolute Gasteiger partial charge is 0.462 e. The van der Waals surface area contributed by atoms with E-state index in [1.165, 1.54) is 6.20 Å². The summed E-state index contributed by atoms with van der Waals surface area (Å²) in [5, 5.41) is 14.7. The second kappa shape index (κ2) is 9.39. The number of para-hydroxylation sites is 1. The first kappa shape index (κ1) is 19.2. The van der Waals surface area contributed by atoms with E-state index in [1.54, 1.807) is 31.2 Å². The van der Waals surface area contributed by atoms with Gasteiger partial charge in [0, 0.05) is 16.4 Å². The standard InChI is InChI=1S/C19H16BrN3O3/c1-2-26-19(25)13-7-9-15(10-8-13)23-18(24)14(11-21)12-22-17-6-4-3-5-16(17)20/h3-10,12,22H,2H2,1H3,(H,23,24)/b14-12-. The second-order valence-electron chi connectivity index (χ2n) is 5.05. The van der Waals surface area contributed by atoms with Crippen LogP contribution in [-0.2, 0) is 9.53 Å². The van der Waals surface area contributed by atoms with Crippen LogP contribution in [0.4, 0.5) is 11.4 Å². The fourth-order valence-corrected chi connectivity index (χ4v) is 2.38. The van der Waals surface area contributed by atoms with Crippen LogP contribution in [0.5, 0.6) is 0 Å². The number of halogens is 1. The first-order valence-corrected chi connectivity index (χ1v) is 8.54. The van der Waals surface area contributed by atoms with E-state index in [0.717, 1.165) is 10.2 Å². The Labute approximate surface area is 159 Å². The van der Waals surface area contributed by atoms with Crippen molar-refractivity contribution in [2.24, 2.45) is 0 Å². The SMILES string of the molecule is CCOC(=O)c1ccc(NC(=O)/C(C#N)=C\Nc2ccccc2Br)cc1. The zero-order valence-corrected chi connectivity index (χ0v) is 15.5. The van der Waals surface area contributed by atoms with Crippen LogP contribution in [0.15, 0.2) is 64.8 Å². The summed E-state index contributed by atoms with van der Waals surface area (Å²) < 4.78 is 5.71. The predicted molar refractivity (Wildman–Crippen MR) is 102 cm³/mol. The molecule has 2 aromatic carbocycles. The minimum absolute atomic E-state index is 0.0878. The van der Waals surface area contributed by atoms with Crippen molar-refractivity contribution in [3.05, 3.63) is 70.3 Å². The van der Waals surface area contributed by atoms with Crippen LogP contribution in [0.3, 0.4) is 0 Å². The Morgan fingerprint density at radius 3 is 2.50 bits per heavy atom. The number of benzene rings is 2. The molecule has 26 heavy (non-hydrogen) atoms. The van der Waals surface area contributed by atoms with Crippen LogP contribution in [0.1, 0.15) is 17.3 Å². The summed E-state index contributed by atoms with van der Waals surface area (Å²) in [6, 6.07) is 15.4. The van der Waals surface area contributed by atoms with Gasteiger partial charge in [0.15, 0.2) is 0 Å². The van der Waals surface area contributed by atoms with Crippen LogP contribution in [-0.4, -0.2) is 18.5 Å². The number of hydrogen-bond donors (Lipinski definition) is 2. The van der Waals surface area contributed by atoms with Crippen molar-refractivity contribution in [2.45, 2.75) is 6.92 Å². The first-order chi connectivity index (χ1) is 12.5. The van der Waals surface area contributed by atoms with Gasteiger partial charge in [-0.2, -0.15) is 5.26 Å². The van der Waals surface area contributed by atoms with E-state index in [1.807, 2.05) is 30.3 Å². The molecule has 7 heteroatoms. The Morgan fingerprint density at radius 2 is 1.88 bits per heavy atom. The van der Waals surface area contributed by atoms with Gasteiger partial charge >= 0.3 is 5.97 Å². The zero-order valence-electron chi connectivity index (χ0n) is 14.0. The number of carbonyl (C=O) groups excluding carboxylic acids is 2. The molecule has 0 saturated heterocycles. The number of ether oxygens (including phenoxy) is 1. The van der Waals surface area contributed by atoms with Crippen LogP contribution in [0, 0.1) is 11.3 Å². The quantitative estimate of drug-likeness (QED) is 0.422. The molecule has 0 heterocycles. The Balaban J connectivity index is 2.05. The van der Waals surface area contributed by atoms with Gasteiger partial charge in [0.1, 0.15) is 11.6 Å². The number of nitrogens with zero attached hydrogens (tertiary/aromatic N) is 1. The number of rotatable bonds is 6. The number of hydrogen-bond acceptors (Lipinski definition) is 5. The molecule has 0 aliphatic heterocycles. The average molecular weight is 414 g/mol. The number of carbonyl (C=O) groups is 2. The lowest BCUT2D eigenvalue weighted by Crippen LogP contribution is -2.14. The highest BCUT2D eigenvalue weighted by atomic mass is 79.9. The zero-order chi connectivity index (χ0) is 18.9. The van der Waals surface area contributed by atoms with E-state index in [-0.39, 0.29) is 12.2 Å². The van der Waals surface area contributed by atoms with Gasteiger partial charge in [-0.25, -0.2) is 4.79 Å². The molecule has 0 aromatic heterocycles.